The lowest BCUT2D eigenvalue weighted by Crippen LogP contribution is -2.52. The summed E-state index contributed by atoms with van der Waals surface area (Å²) in [6.45, 7) is 4.84. The van der Waals surface area contributed by atoms with E-state index in [1.54, 1.807) is 6.20 Å². The zero-order chi connectivity index (χ0) is 19.7. The second kappa shape index (κ2) is 8.02. The number of nitrogens with zero attached hydrogens (tertiary/aromatic N) is 4. The van der Waals surface area contributed by atoms with Crippen molar-refractivity contribution in [2.24, 2.45) is 0 Å². The van der Waals surface area contributed by atoms with Gasteiger partial charge in [-0.1, -0.05) is 0 Å². The summed E-state index contributed by atoms with van der Waals surface area (Å²) in [5.74, 6) is 0. The Bertz CT molecular complexity index is 884. The molecule has 4 atom stereocenters. The number of aliphatic hydroxyl groups excluding tert-OH is 2. The highest BCUT2D eigenvalue weighted by molar-refractivity contribution is 5.95. The Balaban J connectivity index is 1.58. The molecule has 2 aliphatic heterocycles. The molecule has 0 saturated carbocycles. The number of benzene rings is 1. The zero-order valence-corrected chi connectivity index (χ0v) is 16.0. The van der Waals surface area contributed by atoms with E-state index in [-0.39, 0.29) is 31.0 Å². The minimum atomic E-state index is -0.386. The number of hydrogen-bond donors (Lipinski definition) is 2. The molecule has 4 rings (SSSR count). The third kappa shape index (κ3) is 3.69. The Morgan fingerprint density at radius 3 is 2.93 bits per heavy atom. The summed E-state index contributed by atoms with van der Waals surface area (Å²) < 4.78 is 6.17. The Morgan fingerprint density at radius 1 is 1.29 bits per heavy atom. The number of anilines is 1. The molecule has 3 heterocycles. The average molecular weight is 382 g/mol. The fraction of sp³-hybridized carbons (Fsp3) is 0.524. The molecule has 2 fully saturated rings. The van der Waals surface area contributed by atoms with Crippen molar-refractivity contribution in [2.45, 2.75) is 37.7 Å². The summed E-state index contributed by atoms with van der Waals surface area (Å²) in [6.07, 6.45) is 1.97. The summed E-state index contributed by atoms with van der Waals surface area (Å²) in [7, 11) is 0. The summed E-state index contributed by atoms with van der Waals surface area (Å²) in [6, 6.07) is 9.94. The lowest BCUT2D eigenvalue weighted by Gasteiger charge is -2.40. The van der Waals surface area contributed by atoms with Crippen molar-refractivity contribution in [3.8, 4) is 6.07 Å². The molecule has 0 amide bonds. The van der Waals surface area contributed by atoms with Gasteiger partial charge in [0.25, 0.3) is 0 Å². The number of ether oxygens (including phenoxy) is 1. The first-order chi connectivity index (χ1) is 13.6. The van der Waals surface area contributed by atoms with Gasteiger partial charge >= 0.3 is 0 Å². The van der Waals surface area contributed by atoms with Crippen LogP contribution in [0, 0.1) is 11.3 Å². The lowest BCUT2D eigenvalue weighted by molar-refractivity contribution is -0.0370. The van der Waals surface area contributed by atoms with Crippen molar-refractivity contribution in [3.05, 3.63) is 36.0 Å². The third-order valence-electron chi connectivity index (χ3n) is 5.69. The maximum Gasteiger partial charge on any atom is 0.101 e. The topological polar surface area (TPSA) is 92.9 Å². The number of pyridine rings is 1. The van der Waals surface area contributed by atoms with Gasteiger partial charge in [0.2, 0.25) is 0 Å². The first-order valence-electron chi connectivity index (χ1n) is 9.80. The molecule has 7 heteroatoms. The summed E-state index contributed by atoms with van der Waals surface area (Å²) >= 11 is 0. The minimum Gasteiger partial charge on any atom is -0.395 e. The molecule has 0 unspecified atom stereocenters. The van der Waals surface area contributed by atoms with Gasteiger partial charge < -0.3 is 19.8 Å². The van der Waals surface area contributed by atoms with Crippen LogP contribution in [0.2, 0.25) is 0 Å². The van der Waals surface area contributed by atoms with Crippen LogP contribution in [0.15, 0.2) is 30.5 Å². The van der Waals surface area contributed by atoms with Crippen molar-refractivity contribution in [2.75, 3.05) is 37.7 Å². The van der Waals surface area contributed by atoms with Gasteiger partial charge in [-0.25, -0.2) is 0 Å². The number of likely N-dealkylation sites (tertiary alicyclic amines) is 1. The van der Waals surface area contributed by atoms with Gasteiger partial charge in [-0.05, 0) is 37.6 Å². The van der Waals surface area contributed by atoms with E-state index in [1.165, 1.54) is 0 Å². The van der Waals surface area contributed by atoms with Crippen LogP contribution in [-0.2, 0) is 4.74 Å². The SMILES string of the molecule is C[C@@H]1CN(c2ccc(C#N)c3ncccc23)C[C@@H](CN2C[C@H](O)C[C@H]2CO)O1. The molecule has 0 spiro atoms. The number of hydrogen-bond acceptors (Lipinski definition) is 7. The van der Waals surface area contributed by atoms with Crippen molar-refractivity contribution in [3.63, 3.8) is 0 Å². The van der Waals surface area contributed by atoms with Crippen LogP contribution < -0.4 is 4.90 Å². The van der Waals surface area contributed by atoms with Gasteiger partial charge in [0.15, 0.2) is 0 Å². The summed E-state index contributed by atoms with van der Waals surface area (Å²) in [5, 5.41) is 29.9. The van der Waals surface area contributed by atoms with Crippen LogP contribution in [-0.4, -0.2) is 77.2 Å². The largest absolute Gasteiger partial charge is 0.395 e. The molecule has 0 bridgehead atoms. The average Bonchev–Trinajstić information content (AvgIpc) is 3.05. The van der Waals surface area contributed by atoms with Crippen LogP contribution in [0.25, 0.3) is 10.9 Å². The molecule has 0 aliphatic carbocycles. The molecular formula is C21H26N4O3. The first-order valence-corrected chi connectivity index (χ1v) is 9.80. The number of β-amino-alcohol motifs (C(OH)–C–C–N with tert-alkyl or cyclic N) is 1. The summed E-state index contributed by atoms with van der Waals surface area (Å²) in [4.78, 5) is 8.84. The molecule has 7 nitrogen and oxygen atoms in total. The summed E-state index contributed by atoms with van der Waals surface area (Å²) in [5.41, 5.74) is 2.36. The van der Waals surface area contributed by atoms with Gasteiger partial charge in [0, 0.05) is 49.5 Å². The maximum absolute atomic E-state index is 9.94. The third-order valence-corrected chi connectivity index (χ3v) is 5.69. The number of rotatable bonds is 4. The Hall–Kier alpha value is -2.24. The van der Waals surface area contributed by atoms with E-state index in [2.05, 4.69) is 27.8 Å². The fourth-order valence-electron chi connectivity index (χ4n) is 4.50. The molecular weight excluding hydrogens is 356 g/mol. The second-order valence-corrected chi connectivity index (χ2v) is 7.80. The Morgan fingerprint density at radius 2 is 2.14 bits per heavy atom. The highest BCUT2D eigenvalue weighted by Crippen LogP contribution is 2.30. The van der Waals surface area contributed by atoms with E-state index in [0.717, 1.165) is 23.1 Å². The van der Waals surface area contributed by atoms with Crippen molar-refractivity contribution in [1.82, 2.24) is 9.88 Å². The van der Waals surface area contributed by atoms with Crippen LogP contribution in [0.3, 0.4) is 0 Å². The standard InChI is InChI=1S/C21H26N4O3/c1-14-9-25(12-18(28-14)11-24-10-17(27)7-16(24)13-26)20-5-4-15(8-22)21-19(20)3-2-6-23-21/h2-6,14,16-18,26-27H,7,9-13H2,1H3/t14-,16+,17-,18-/m1/s1. The molecule has 28 heavy (non-hydrogen) atoms. The number of nitriles is 1. The predicted molar refractivity (Wildman–Crippen MR) is 106 cm³/mol. The lowest BCUT2D eigenvalue weighted by atomic mass is 10.1. The molecule has 1 aromatic heterocycles. The first kappa shape index (κ1) is 19.1. The van der Waals surface area contributed by atoms with Crippen molar-refractivity contribution < 1.29 is 14.9 Å². The molecule has 2 N–H and O–H groups in total. The van der Waals surface area contributed by atoms with E-state index in [1.807, 2.05) is 24.3 Å². The van der Waals surface area contributed by atoms with Crippen LogP contribution >= 0.6 is 0 Å². The van der Waals surface area contributed by atoms with Gasteiger partial charge in [0.1, 0.15) is 6.07 Å². The molecule has 1 aromatic carbocycles. The normalized spacial score (nSPS) is 28.6. The van der Waals surface area contributed by atoms with Gasteiger partial charge in [-0.15, -0.1) is 0 Å². The van der Waals surface area contributed by atoms with Crippen LogP contribution in [0.1, 0.15) is 18.9 Å². The molecule has 148 valence electrons. The zero-order valence-electron chi connectivity index (χ0n) is 16.0. The minimum absolute atomic E-state index is 0.00998. The van der Waals surface area contributed by atoms with E-state index in [0.29, 0.717) is 31.6 Å². The molecule has 2 aliphatic rings. The van der Waals surface area contributed by atoms with E-state index >= 15 is 0 Å². The van der Waals surface area contributed by atoms with Gasteiger partial charge in [-0.2, -0.15) is 5.26 Å². The maximum atomic E-state index is 9.94. The fourth-order valence-corrected chi connectivity index (χ4v) is 4.50. The number of morpholine rings is 1. The highest BCUT2D eigenvalue weighted by atomic mass is 16.5. The van der Waals surface area contributed by atoms with Gasteiger partial charge in [-0.3, -0.25) is 9.88 Å². The van der Waals surface area contributed by atoms with E-state index in [4.69, 9.17) is 4.74 Å². The van der Waals surface area contributed by atoms with E-state index < -0.39 is 0 Å². The quantitative estimate of drug-likeness (QED) is 0.819. The Labute approximate surface area is 164 Å². The monoisotopic (exact) mass is 382 g/mol. The Kier molecular flexibility index (Phi) is 5.47. The number of aromatic nitrogens is 1. The van der Waals surface area contributed by atoms with Crippen LogP contribution in [0.4, 0.5) is 5.69 Å². The predicted octanol–water partition coefficient (Wildman–Crippen LogP) is 1.13. The van der Waals surface area contributed by atoms with Gasteiger partial charge in [0.05, 0.1) is 36.0 Å². The highest BCUT2D eigenvalue weighted by Gasteiger charge is 2.34. The van der Waals surface area contributed by atoms with Crippen LogP contribution in [0.5, 0.6) is 0 Å². The second-order valence-electron chi connectivity index (χ2n) is 7.80. The molecule has 2 aromatic rings. The molecule has 0 radical (unpaired) electrons. The molecule has 2 saturated heterocycles. The number of aliphatic hydroxyl groups is 2. The van der Waals surface area contributed by atoms with Crippen molar-refractivity contribution in [1.29, 1.82) is 5.26 Å². The van der Waals surface area contributed by atoms with Crippen molar-refractivity contribution >= 4 is 16.6 Å². The van der Waals surface area contributed by atoms with E-state index in [9.17, 15) is 15.5 Å². The smallest absolute Gasteiger partial charge is 0.101 e. The number of fused-ring (bicyclic) bond motifs is 1.